The summed E-state index contributed by atoms with van der Waals surface area (Å²) in [5.41, 5.74) is 0.564. The Bertz CT molecular complexity index is 603. The zero-order valence-corrected chi connectivity index (χ0v) is 13.3. The molecule has 0 radical (unpaired) electrons. The minimum Gasteiger partial charge on any atom is -0.480 e. The molecule has 134 valence electrons. The van der Waals surface area contributed by atoms with E-state index in [0.717, 1.165) is 0 Å². The molecule has 0 fully saturated rings. The van der Waals surface area contributed by atoms with Gasteiger partial charge in [0.1, 0.15) is 24.0 Å². The van der Waals surface area contributed by atoms with Gasteiger partial charge in [-0.2, -0.15) is 0 Å². The standard InChI is InChI=1S/C14H21N3O7/c1-7-9(17-4-8(6-23-2)15-16-17)3-11(14(21)22)24-13(7)12(20)10(19)5-18/h3-4,7,9-10,12-13,18-20H,5-6H2,1-2H3,(H,21,22)/t7-,9+,10?,12-,13-/m1/s1. The molecular weight excluding hydrogens is 322 g/mol. The van der Waals surface area contributed by atoms with Crippen LogP contribution < -0.4 is 0 Å². The molecule has 1 aromatic heterocycles. The van der Waals surface area contributed by atoms with Crippen molar-refractivity contribution in [2.45, 2.75) is 37.9 Å². The van der Waals surface area contributed by atoms with Gasteiger partial charge in [0.05, 0.1) is 25.5 Å². The first kappa shape index (κ1) is 18.3. The molecule has 0 saturated carbocycles. The van der Waals surface area contributed by atoms with Gasteiger partial charge < -0.3 is 29.9 Å². The highest BCUT2D eigenvalue weighted by atomic mass is 16.5. The van der Waals surface area contributed by atoms with Crippen molar-refractivity contribution >= 4 is 5.97 Å². The maximum atomic E-state index is 11.3. The van der Waals surface area contributed by atoms with Crippen molar-refractivity contribution in [2.24, 2.45) is 5.92 Å². The van der Waals surface area contributed by atoms with E-state index in [0.29, 0.717) is 5.69 Å². The van der Waals surface area contributed by atoms with Gasteiger partial charge >= 0.3 is 5.97 Å². The Labute approximate surface area is 137 Å². The molecule has 0 aliphatic carbocycles. The first-order valence-corrected chi connectivity index (χ1v) is 7.37. The van der Waals surface area contributed by atoms with Crippen molar-refractivity contribution < 1.29 is 34.7 Å². The second-order valence-corrected chi connectivity index (χ2v) is 5.63. The number of hydrogen-bond acceptors (Lipinski definition) is 8. The van der Waals surface area contributed by atoms with Gasteiger partial charge in [-0.25, -0.2) is 9.48 Å². The Morgan fingerprint density at radius 3 is 2.79 bits per heavy atom. The molecule has 0 amide bonds. The van der Waals surface area contributed by atoms with E-state index in [1.165, 1.54) is 17.9 Å². The van der Waals surface area contributed by atoms with E-state index in [9.17, 15) is 20.1 Å². The normalized spacial score (nSPS) is 26.4. The number of rotatable bonds is 7. The van der Waals surface area contributed by atoms with E-state index in [1.54, 1.807) is 13.1 Å². The van der Waals surface area contributed by atoms with Crippen LogP contribution in [0.15, 0.2) is 18.0 Å². The van der Waals surface area contributed by atoms with Crippen LogP contribution in [0.1, 0.15) is 18.7 Å². The smallest absolute Gasteiger partial charge is 0.370 e. The molecule has 1 aliphatic heterocycles. The highest BCUT2D eigenvalue weighted by Crippen LogP contribution is 2.34. The van der Waals surface area contributed by atoms with Crippen molar-refractivity contribution in [2.75, 3.05) is 13.7 Å². The monoisotopic (exact) mass is 343 g/mol. The largest absolute Gasteiger partial charge is 0.480 e. The van der Waals surface area contributed by atoms with Gasteiger partial charge in [0.15, 0.2) is 0 Å². The van der Waals surface area contributed by atoms with E-state index in [1.807, 2.05) is 0 Å². The van der Waals surface area contributed by atoms with E-state index >= 15 is 0 Å². The number of carbonyl (C=O) groups is 1. The molecule has 0 spiro atoms. The van der Waals surface area contributed by atoms with Gasteiger partial charge in [0.25, 0.3) is 0 Å². The quantitative estimate of drug-likeness (QED) is 0.473. The Morgan fingerprint density at radius 2 is 2.21 bits per heavy atom. The van der Waals surface area contributed by atoms with Crippen LogP contribution in [0.5, 0.6) is 0 Å². The van der Waals surface area contributed by atoms with Crippen LogP contribution in [0.4, 0.5) is 0 Å². The zero-order chi connectivity index (χ0) is 17.9. The average Bonchev–Trinajstić information content (AvgIpc) is 3.02. The average molecular weight is 343 g/mol. The molecule has 0 saturated heterocycles. The Hall–Kier alpha value is -2.01. The van der Waals surface area contributed by atoms with Crippen LogP contribution in [0.25, 0.3) is 0 Å². The maximum Gasteiger partial charge on any atom is 0.370 e. The Balaban J connectivity index is 2.33. The molecular formula is C14H21N3O7. The molecule has 0 aromatic carbocycles. The van der Waals surface area contributed by atoms with Crippen molar-refractivity contribution in [1.29, 1.82) is 0 Å². The lowest BCUT2D eigenvalue weighted by molar-refractivity contribution is -0.148. The van der Waals surface area contributed by atoms with Gasteiger partial charge in [-0.1, -0.05) is 12.1 Å². The SMILES string of the molecule is COCc1cn([C@H]2C=C(C(=O)O)O[C@@H]([C@H](O)C(O)CO)[C@@H]2C)nn1. The predicted octanol–water partition coefficient (Wildman–Crippen LogP) is -1.32. The van der Waals surface area contributed by atoms with Crippen molar-refractivity contribution in [3.63, 3.8) is 0 Å². The summed E-state index contributed by atoms with van der Waals surface area (Å²) in [7, 11) is 1.52. The molecule has 2 heterocycles. The van der Waals surface area contributed by atoms with E-state index < -0.39 is 42.8 Å². The number of nitrogens with zero attached hydrogens (tertiary/aromatic N) is 3. The number of aliphatic carboxylic acids is 1. The Morgan fingerprint density at radius 1 is 1.50 bits per heavy atom. The van der Waals surface area contributed by atoms with Gasteiger partial charge in [-0.05, 0) is 6.08 Å². The van der Waals surface area contributed by atoms with Crippen LogP contribution in [0.2, 0.25) is 0 Å². The number of hydrogen-bond donors (Lipinski definition) is 4. The minimum atomic E-state index is -1.46. The number of methoxy groups -OCH3 is 1. The molecule has 1 aliphatic rings. The highest BCUT2D eigenvalue weighted by Gasteiger charge is 2.41. The molecule has 1 aromatic rings. The summed E-state index contributed by atoms with van der Waals surface area (Å²) >= 11 is 0. The van der Waals surface area contributed by atoms with E-state index in [4.69, 9.17) is 14.6 Å². The molecule has 5 atom stereocenters. The molecule has 24 heavy (non-hydrogen) atoms. The van der Waals surface area contributed by atoms with Crippen LogP contribution in [-0.4, -0.2) is 73.4 Å². The number of carboxylic acids is 1. The summed E-state index contributed by atoms with van der Waals surface area (Å²) in [4.78, 5) is 11.3. The number of aliphatic hydroxyl groups is 3. The maximum absolute atomic E-state index is 11.3. The van der Waals surface area contributed by atoms with Crippen molar-refractivity contribution in [1.82, 2.24) is 15.0 Å². The highest BCUT2D eigenvalue weighted by molar-refractivity contribution is 5.84. The lowest BCUT2D eigenvalue weighted by atomic mass is 9.87. The second kappa shape index (κ2) is 7.71. The third-order valence-electron chi connectivity index (χ3n) is 3.93. The molecule has 10 heteroatoms. The predicted molar refractivity (Wildman–Crippen MR) is 78.6 cm³/mol. The number of aromatic nitrogens is 3. The molecule has 10 nitrogen and oxygen atoms in total. The molecule has 2 rings (SSSR count). The number of ether oxygens (including phenoxy) is 2. The Kier molecular flexibility index (Phi) is 5.89. The fourth-order valence-corrected chi connectivity index (χ4v) is 2.61. The van der Waals surface area contributed by atoms with Gasteiger partial charge in [0, 0.05) is 13.0 Å². The van der Waals surface area contributed by atoms with Crippen LogP contribution in [0.3, 0.4) is 0 Å². The van der Waals surface area contributed by atoms with Gasteiger partial charge in [-0.15, -0.1) is 5.10 Å². The fraction of sp³-hybridized carbons (Fsp3) is 0.643. The van der Waals surface area contributed by atoms with E-state index in [2.05, 4.69) is 10.3 Å². The second-order valence-electron chi connectivity index (χ2n) is 5.63. The van der Waals surface area contributed by atoms with Gasteiger partial charge in [-0.3, -0.25) is 0 Å². The fourth-order valence-electron chi connectivity index (χ4n) is 2.61. The number of aliphatic hydroxyl groups excluding tert-OH is 3. The molecule has 4 N–H and O–H groups in total. The van der Waals surface area contributed by atoms with Crippen LogP contribution in [0, 0.1) is 5.92 Å². The first-order valence-electron chi connectivity index (χ1n) is 7.37. The summed E-state index contributed by atoms with van der Waals surface area (Å²) in [6.45, 7) is 1.30. The summed E-state index contributed by atoms with van der Waals surface area (Å²) in [6.07, 6.45) is -0.975. The topological polar surface area (TPSA) is 147 Å². The van der Waals surface area contributed by atoms with Crippen molar-refractivity contribution in [3.8, 4) is 0 Å². The summed E-state index contributed by atoms with van der Waals surface area (Å²) < 4.78 is 11.7. The summed E-state index contributed by atoms with van der Waals surface area (Å²) in [5.74, 6) is -2.11. The number of carboxylic acid groups (broad SMARTS) is 1. The zero-order valence-electron chi connectivity index (χ0n) is 13.3. The van der Waals surface area contributed by atoms with Crippen LogP contribution in [-0.2, 0) is 20.9 Å². The number of allylic oxidation sites excluding steroid dienone is 1. The van der Waals surface area contributed by atoms with E-state index in [-0.39, 0.29) is 12.4 Å². The van der Waals surface area contributed by atoms with Crippen molar-refractivity contribution in [3.05, 3.63) is 23.7 Å². The third kappa shape index (κ3) is 3.73. The molecule has 0 bridgehead atoms. The summed E-state index contributed by atoms with van der Waals surface area (Å²) in [6, 6.07) is -0.562. The first-order chi connectivity index (χ1) is 11.4. The lowest BCUT2D eigenvalue weighted by Gasteiger charge is -2.37. The summed E-state index contributed by atoms with van der Waals surface area (Å²) in [5, 5.41) is 45.9. The van der Waals surface area contributed by atoms with Crippen LogP contribution >= 0.6 is 0 Å². The minimum absolute atomic E-state index is 0.252. The lowest BCUT2D eigenvalue weighted by Crippen LogP contribution is -2.48. The van der Waals surface area contributed by atoms with Gasteiger partial charge in [0.2, 0.25) is 5.76 Å². The molecule has 1 unspecified atom stereocenters. The third-order valence-corrected chi connectivity index (χ3v) is 3.93.